The average Bonchev–Trinajstić information content (AvgIpc) is 3.03. The zero-order valence-electron chi connectivity index (χ0n) is 14.9. The van der Waals surface area contributed by atoms with Crippen molar-refractivity contribution in [1.82, 2.24) is 0 Å². The molecule has 0 saturated heterocycles. The summed E-state index contributed by atoms with van der Waals surface area (Å²) >= 11 is 6.72. The van der Waals surface area contributed by atoms with Gasteiger partial charge in [-0.05, 0) is 61.4 Å². The molecule has 0 aliphatic rings. The zero-order valence-corrected chi connectivity index (χ0v) is 18.1. The summed E-state index contributed by atoms with van der Waals surface area (Å²) in [7, 11) is -7.77. The van der Waals surface area contributed by atoms with Gasteiger partial charge in [0.05, 0.1) is 14.9 Å². The van der Waals surface area contributed by atoms with Crippen LogP contribution in [0.5, 0.6) is 0 Å². The van der Waals surface area contributed by atoms with Gasteiger partial charge in [-0.1, -0.05) is 29.8 Å². The molecule has 6 nitrogen and oxygen atoms in total. The second-order valence-corrected chi connectivity index (χ2v) is 11.4. The minimum Gasteiger partial charge on any atom is -0.280 e. The summed E-state index contributed by atoms with van der Waals surface area (Å²) in [5, 5.41) is 0. The quantitative estimate of drug-likeness (QED) is 0.566. The predicted molar refractivity (Wildman–Crippen MR) is 113 cm³/mol. The molecule has 0 unspecified atom stereocenters. The molecule has 2 N–H and O–H groups in total. The van der Waals surface area contributed by atoms with E-state index in [-0.39, 0.29) is 14.8 Å². The van der Waals surface area contributed by atoms with Crippen LogP contribution in [0.4, 0.5) is 11.4 Å². The standard InChI is InChI=1S/C18H17ClN2O4S3/c1-12-4-3-5-14(10-12)20-27(22,23)16-11-15(7-6-13(16)2)21-28(24,25)18-9-8-17(19)26-18/h3-11,20-21H,1-2H3. The van der Waals surface area contributed by atoms with Crippen LogP contribution in [0.15, 0.2) is 63.7 Å². The van der Waals surface area contributed by atoms with Crippen molar-refractivity contribution < 1.29 is 16.8 Å². The molecular formula is C18H17ClN2O4S3. The lowest BCUT2D eigenvalue weighted by atomic mass is 10.2. The Morgan fingerprint density at radius 1 is 0.821 bits per heavy atom. The highest BCUT2D eigenvalue weighted by molar-refractivity contribution is 7.94. The van der Waals surface area contributed by atoms with E-state index in [1.54, 1.807) is 31.2 Å². The number of anilines is 2. The van der Waals surface area contributed by atoms with Crippen molar-refractivity contribution in [2.24, 2.45) is 0 Å². The Bertz CT molecular complexity index is 1240. The van der Waals surface area contributed by atoms with Gasteiger partial charge in [-0.2, -0.15) is 0 Å². The molecule has 0 bridgehead atoms. The van der Waals surface area contributed by atoms with E-state index in [1.807, 2.05) is 13.0 Å². The van der Waals surface area contributed by atoms with E-state index in [2.05, 4.69) is 9.44 Å². The molecule has 10 heteroatoms. The van der Waals surface area contributed by atoms with Crippen LogP contribution in [0.25, 0.3) is 0 Å². The fourth-order valence-corrected chi connectivity index (χ4v) is 6.37. The topological polar surface area (TPSA) is 92.3 Å². The van der Waals surface area contributed by atoms with Gasteiger partial charge in [0.1, 0.15) is 4.21 Å². The molecule has 0 saturated carbocycles. The van der Waals surface area contributed by atoms with Crippen LogP contribution in [0.2, 0.25) is 4.34 Å². The molecule has 3 rings (SSSR count). The fourth-order valence-electron chi connectivity index (χ4n) is 2.52. The number of hydrogen-bond donors (Lipinski definition) is 2. The first-order valence-corrected chi connectivity index (χ1v) is 12.2. The minimum atomic E-state index is -3.90. The van der Waals surface area contributed by atoms with Crippen molar-refractivity contribution >= 4 is 54.4 Å². The molecule has 0 spiro atoms. The van der Waals surface area contributed by atoms with E-state index in [0.29, 0.717) is 15.6 Å². The third-order valence-corrected chi connectivity index (χ3v) is 8.44. The number of rotatable bonds is 6. The highest BCUT2D eigenvalue weighted by Gasteiger charge is 2.21. The number of thiophene rings is 1. The van der Waals surface area contributed by atoms with Crippen molar-refractivity contribution in [3.8, 4) is 0 Å². The lowest BCUT2D eigenvalue weighted by molar-refractivity contribution is 0.599. The molecule has 28 heavy (non-hydrogen) atoms. The molecule has 148 valence electrons. The van der Waals surface area contributed by atoms with Gasteiger partial charge < -0.3 is 0 Å². The van der Waals surface area contributed by atoms with Gasteiger partial charge in [-0.3, -0.25) is 9.44 Å². The second-order valence-electron chi connectivity index (χ2n) is 6.12. The number of hydrogen-bond acceptors (Lipinski definition) is 5. The number of sulfonamides is 2. The van der Waals surface area contributed by atoms with E-state index in [1.165, 1.54) is 24.3 Å². The summed E-state index contributed by atoms with van der Waals surface area (Å²) in [5.74, 6) is 0. The molecule has 0 aliphatic heterocycles. The first kappa shape index (κ1) is 20.7. The molecule has 1 aromatic heterocycles. The summed E-state index contributed by atoms with van der Waals surface area (Å²) in [6.45, 7) is 3.50. The van der Waals surface area contributed by atoms with Gasteiger partial charge in [0.25, 0.3) is 20.0 Å². The van der Waals surface area contributed by atoms with Crippen molar-refractivity contribution in [1.29, 1.82) is 0 Å². The molecule has 0 atom stereocenters. The SMILES string of the molecule is Cc1cccc(NS(=O)(=O)c2cc(NS(=O)(=O)c3ccc(Cl)s3)ccc2C)c1. The van der Waals surface area contributed by atoms with Gasteiger partial charge in [0.2, 0.25) is 0 Å². The van der Waals surface area contributed by atoms with Gasteiger partial charge in [0, 0.05) is 5.69 Å². The van der Waals surface area contributed by atoms with Crippen LogP contribution in [0.1, 0.15) is 11.1 Å². The molecule has 0 aliphatic carbocycles. The van der Waals surface area contributed by atoms with Crippen LogP contribution in [-0.2, 0) is 20.0 Å². The molecule has 2 aromatic carbocycles. The molecule has 3 aromatic rings. The number of halogens is 1. The lowest BCUT2D eigenvalue weighted by Gasteiger charge is -2.13. The van der Waals surface area contributed by atoms with E-state index >= 15 is 0 Å². The predicted octanol–water partition coefficient (Wildman–Crippen LogP) is 4.62. The maximum Gasteiger partial charge on any atom is 0.271 e. The van der Waals surface area contributed by atoms with Gasteiger partial charge >= 0.3 is 0 Å². The normalized spacial score (nSPS) is 12.0. The Morgan fingerprint density at radius 2 is 1.50 bits per heavy atom. The zero-order chi connectivity index (χ0) is 20.5. The summed E-state index contributed by atoms with van der Waals surface area (Å²) < 4.78 is 55.9. The van der Waals surface area contributed by atoms with Crippen molar-refractivity contribution in [3.05, 3.63) is 70.1 Å². The monoisotopic (exact) mass is 456 g/mol. The Labute approximate surface area is 173 Å². The maximum absolute atomic E-state index is 12.8. The Hall–Kier alpha value is -2.07. The molecule has 0 amide bonds. The summed E-state index contributed by atoms with van der Waals surface area (Å²) in [6.07, 6.45) is 0. The fraction of sp³-hybridized carbons (Fsp3) is 0.111. The van der Waals surface area contributed by atoms with Crippen molar-refractivity contribution in [3.63, 3.8) is 0 Å². The summed E-state index contributed by atoms with van der Waals surface area (Å²) in [5.41, 5.74) is 1.97. The smallest absolute Gasteiger partial charge is 0.271 e. The minimum absolute atomic E-state index is 0.0154. The van der Waals surface area contributed by atoms with E-state index < -0.39 is 20.0 Å². The Balaban J connectivity index is 1.93. The van der Waals surface area contributed by atoms with Crippen LogP contribution in [0, 0.1) is 13.8 Å². The molecule has 0 fully saturated rings. The van der Waals surface area contributed by atoms with Gasteiger partial charge in [0.15, 0.2) is 0 Å². The largest absolute Gasteiger partial charge is 0.280 e. The van der Waals surface area contributed by atoms with Crippen LogP contribution in [-0.4, -0.2) is 16.8 Å². The molecular weight excluding hydrogens is 440 g/mol. The van der Waals surface area contributed by atoms with Crippen LogP contribution in [0.3, 0.4) is 0 Å². The first-order chi connectivity index (χ1) is 13.1. The van der Waals surface area contributed by atoms with Crippen LogP contribution < -0.4 is 9.44 Å². The van der Waals surface area contributed by atoms with Crippen molar-refractivity contribution in [2.45, 2.75) is 23.0 Å². The van der Waals surface area contributed by atoms with Gasteiger partial charge in [-0.15, -0.1) is 11.3 Å². The van der Waals surface area contributed by atoms with Crippen molar-refractivity contribution in [2.75, 3.05) is 9.44 Å². The summed E-state index contributed by atoms with van der Waals surface area (Å²) in [4.78, 5) is -0.0154. The second kappa shape index (κ2) is 7.75. The Morgan fingerprint density at radius 3 is 2.14 bits per heavy atom. The lowest BCUT2D eigenvalue weighted by Crippen LogP contribution is -2.16. The number of benzene rings is 2. The number of nitrogens with one attached hydrogen (secondary N) is 2. The van der Waals surface area contributed by atoms with E-state index in [4.69, 9.17) is 11.6 Å². The third-order valence-electron chi connectivity index (χ3n) is 3.81. The molecule has 0 radical (unpaired) electrons. The highest BCUT2D eigenvalue weighted by Crippen LogP contribution is 2.29. The average molecular weight is 457 g/mol. The number of aryl methyl sites for hydroxylation is 2. The first-order valence-electron chi connectivity index (χ1n) is 8.05. The molecule has 1 heterocycles. The van der Waals surface area contributed by atoms with Crippen LogP contribution >= 0.6 is 22.9 Å². The van der Waals surface area contributed by atoms with E-state index in [9.17, 15) is 16.8 Å². The maximum atomic E-state index is 12.8. The third kappa shape index (κ3) is 4.67. The summed E-state index contributed by atoms with van der Waals surface area (Å²) in [6, 6.07) is 14.2. The van der Waals surface area contributed by atoms with Gasteiger partial charge in [-0.25, -0.2) is 16.8 Å². The Kier molecular flexibility index (Phi) is 5.72. The van der Waals surface area contributed by atoms with E-state index in [0.717, 1.165) is 16.9 Å². The highest BCUT2D eigenvalue weighted by atomic mass is 35.5.